The quantitative estimate of drug-likeness (QED) is 0.858. The Morgan fingerprint density at radius 2 is 2.28 bits per heavy atom. The maximum absolute atomic E-state index is 5.94. The summed E-state index contributed by atoms with van der Waals surface area (Å²) in [5.41, 5.74) is 9.73. The van der Waals surface area contributed by atoms with Crippen LogP contribution in [0.4, 0.5) is 0 Å². The third-order valence-electron chi connectivity index (χ3n) is 4.28. The fraction of sp³-hybridized carbons (Fsp3) is 0.500. The van der Waals surface area contributed by atoms with Gasteiger partial charge in [-0.05, 0) is 44.1 Å². The van der Waals surface area contributed by atoms with Gasteiger partial charge < -0.3 is 15.6 Å². The third kappa shape index (κ3) is 1.64. The molecule has 2 aromatic rings. The van der Waals surface area contributed by atoms with E-state index < -0.39 is 0 Å². The predicted octanol–water partition coefficient (Wildman–Crippen LogP) is 1.57. The lowest BCUT2D eigenvalue weighted by molar-refractivity contribution is 0.367. The molecule has 1 aromatic heterocycles. The number of hydrogen-bond donors (Lipinski definition) is 2. The predicted molar refractivity (Wildman–Crippen MR) is 73.2 cm³/mol. The minimum absolute atomic E-state index is 0.261. The highest BCUT2D eigenvalue weighted by Crippen LogP contribution is 2.54. The Balaban J connectivity index is 2.02. The van der Waals surface area contributed by atoms with Crippen LogP contribution in [0.25, 0.3) is 11.0 Å². The Hall–Kier alpha value is -1.39. The van der Waals surface area contributed by atoms with Gasteiger partial charge in [0.25, 0.3) is 0 Å². The average Bonchev–Trinajstić information content (AvgIpc) is 3.10. The number of imidazole rings is 1. The first-order valence-corrected chi connectivity index (χ1v) is 6.48. The van der Waals surface area contributed by atoms with Crippen molar-refractivity contribution in [3.8, 4) is 0 Å². The number of nitrogens with one attached hydrogen (secondary N) is 1. The maximum atomic E-state index is 5.94. The van der Waals surface area contributed by atoms with E-state index in [1.165, 1.54) is 23.9 Å². The molecule has 18 heavy (non-hydrogen) atoms. The highest BCUT2D eigenvalue weighted by Gasteiger charge is 2.48. The van der Waals surface area contributed by atoms with Gasteiger partial charge in [0.05, 0.1) is 17.4 Å². The Morgan fingerprint density at radius 1 is 1.50 bits per heavy atom. The summed E-state index contributed by atoms with van der Waals surface area (Å²) in [6.45, 7) is 0.749. The van der Waals surface area contributed by atoms with E-state index in [0.717, 1.165) is 12.1 Å². The molecule has 0 spiro atoms. The highest BCUT2D eigenvalue weighted by atomic mass is 15.0. The lowest BCUT2D eigenvalue weighted by Gasteiger charge is -2.26. The van der Waals surface area contributed by atoms with E-state index in [0.29, 0.717) is 6.04 Å². The van der Waals surface area contributed by atoms with Crippen LogP contribution in [0.15, 0.2) is 24.5 Å². The molecule has 1 aromatic carbocycles. The zero-order chi connectivity index (χ0) is 12.8. The summed E-state index contributed by atoms with van der Waals surface area (Å²) < 4.78 is 2.04. The summed E-state index contributed by atoms with van der Waals surface area (Å²) in [4.78, 5) is 4.43. The van der Waals surface area contributed by atoms with Gasteiger partial charge in [0.1, 0.15) is 0 Å². The summed E-state index contributed by atoms with van der Waals surface area (Å²) in [5.74, 6) is 0. The van der Waals surface area contributed by atoms with Crippen LogP contribution in [0.3, 0.4) is 0 Å². The van der Waals surface area contributed by atoms with Crippen molar-refractivity contribution in [2.75, 3.05) is 13.6 Å². The summed E-state index contributed by atoms with van der Waals surface area (Å²) in [5, 5.41) is 3.43. The topological polar surface area (TPSA) is 55.9 Å². The number of nitrogens with two attached hydrogens (primary N) is 1. The number of benzene rings is 1. The second kappa shape index (κ2) is 4.07. The Bertz CT molecular complexity index is 568. The van der Waals surface area contributed by atoms with Crippen molar-refractivity contribution in [2.45, 2.75) is 18.9 Å². The maximum Gasteiger partial charge on any atom is 0.0955 e. The van der Waals surface area contributed by atoms with Crippen LogP contribution < -0.4 is 11.1 Å². The normalized spacial score (nSPS) is 19.1. The lowest BCUT2D eigenvalue weighted by Crippen LogP contribution is -2.32. The molecular formula is C14H20N4. The SMILES string of the molecule is CNC(c1ccc2c(c1)ncn2C)C1(CN)CC1. The minimum atomic E-state index is 0.261. The summed E-state index contributed by atoms with van der Waals surface area (Å²) >= 11 is 0. The molecule has 1 aliphatic rings. The van der Waals surface area contributed by atoms with E-state index in [2.05, 4.69) is 28.5 Å². The van der Waals surface area contributed by atoms with Gasteiger partial charge in [0, 0.05) is 18.5 Å². The van der Waals surface area contributed by atoms with Crippen molar-refractivity contribution < 1.29 is 0 Å². The van der Waals surface area contributed by atoms with E-state index in [9.17, 15) is 0 Å². The number of rotatable bonds is 4. The van der Waals surface area contributed by atoms with Crippen LogP contribution in [0, 0.1) is 5.41 Å². The molecule has 96 valence electrons. The Morgan fingerprint density at radius 3 is 2.89 bits per heavy atom. The van der Waals surface area contributed by atoms with Crippen LogP contribution in [0.2, 0.25) is 0 Å². The van der Waals surface area contributed by atoms with Crippen LogP contribution in [0.5, 0.6) is 0 Å². The first-order valence-electron chi connectivity index (χ1n) is 6.48. The van der Waals surface area contributed by atoms with Crippen molar-refractivity contribution in [1.29, 1.82) is 0 Å². The van der Waals surface area contributed by atoms with Crippen LogP contribution in [-0.2, 0) is 7.05 Å². The molecule has 1 atom stereocenters. The van der Waals surface area contributed by atoms with Crippen molar-refractivity contribution >= 4 is 11.0 Å². The number of aromatic nitrogens is 2. The van der Waals surface area contributed by atoms with Gasteiger partial charge in [-0.15, -0.1) is 0 Å². The smallest absolute Gasteiger partial charge is 0.0955 e. The number of fused-ring (bicyclic) bond motifs is 1. The third-order valence-corrected chi connectivity index (χ3v) is 4.28. The minimum Gasteiger partial charge on any atom is -0.334 e. The van der Waals surface area contributed by atoms with Crippen molar-refractivity contribution in [2.24, 2.45) is 18.2 Å². The standard InChI is InChI=1S/C14H20N4/c1-16-13(14(8-15)5-6-14)10-3-4-12-11(7-10)17-9-18(12)2/h3-4,7,9,13,16H,5-6,8,15H2,1-2H3. The molecule has 0 amide bonds. The molecule has 3 N–H and O–H groups in total. The molecule has 0 aliphatic heterocycles. The largest absolute Gasteiger partial charge is 0.334 e. The van der Waals surface area contributed by atoms with E-state index in [1.807, 2.05) is 25.0 Å². The molecule has 0 radical (unpaired) electrons. The monoisotopic (exact) mass is 244 g/mol. The first kappa shape index (κ1) is 11.7. The molecular weight excluding hydrogens is 224 g/mol. The molecule has 1 heterocycles. The van der Waals surface area contributed by atoms with Gasteiger partial charge in [0.15, 0.2) is 0 Å². The first-order chi connectivity index (χ1) is 8.70. The molecule has 4 heteroatoms. The van der Waals surface area contributed by atoms with Gasteiger partial charge in [0.2, 0.25) is 0 Å². The van der Waals surface area contributed by atoms with Crippen molar-refractivity contribution in [3.63, 3.8) is 0 Å². The van der Waals surface area contributed by atoms with Crippen LogP contribution in [0.1, 0.15) is 24.4 Å². The van der Waals surface area contributed by atoms with Gasteiger partial charge in [-0.1, -0.05) is 6.07 Å². The number of nitrogens with zero attached hydrogens (tertiary/aromatic N) is 2. The number of hydrogen-bond acceptors (Lipinski definition) is 3. The molecule has 1 aliphatic carbocycles. The fourth-order valence-corrected chi connectivity index (χ4v) is 2.93. The summed E-state index contributed by atoms with van der Waals surface area (Å²) in [6, 6.07) is 6.87. The van der Waals surface area contributed by atoms with Gasteiger partial charge >= 0.3 is 0 Å². The summed E-state index contributed by atoms with van der Waals surface area (Å²) in [6.07, 6.45) is 4.29. The Labute approximate surface area is 107 Å². The second-order valence-corrected chi connectivity index (χ2v) is 5.39. The molecule has 3 rings (SSSR count). The van der Waals surface area contributed by atoms with Gasteiger partial charge in [-0.3, -0.25) is 0 Å². The molecule has 1 unspecified atom stereocenters. The molecule has 4 nitrogen and oxygen atoms in total. The number of aryl methyl sites for hydroxylation is 1. The van der Waals surface area contributed by atoms with E-state index >= 15 is 0 Å². The highest BCUT2D eigenvalue weighted by molar-refractivity contribution is 5.76. The molecule has 1 fully saturated rings. The fourth-order valence-electron chi connectivity index (χ4n) is 2.93. The Kier molecular flexibility index (Phi) is 2.64. The van der Waals surface area contributed by atoms with Crippen molar-refractivity contribution in [1.82, 2.24) is 14.9 Å². The van der Waals surface area contributed by atoms with Gasteiger partial charge in [-0.2, -0.15) is 0 Å². The average molecular weight is 244 g/mol. The lowest BCUT2D eigenvalue weighted by atomic mass is 9.90. The molecule has 0 saturated heterocycles. The van der Waals surface area contributed by atoms with Crippen LogP contribution in [-0.4, -0.2) is 23.1 Å². The molecule has 0 bridgehead atoms. The zero-order valence-corrected chi connectivity index (χ0v) is 11.0. The van der Waals surface area contributed by atoms with Gasteiger partial charge in [-0.25, -0.2) is 4.98 Å². The van der Waals surface area contributed by atoms with E-state index in [-0.39, 0.29) is 5.41 Å². The van der Waals surface area contributed by atoms with E-state index in [1.54, 1.807) is 0 Å². The van der Waals surface area contributed by atoms with Crippen LogP contribution >= 0.6 is 0 Å². The van der Waals surface area contributed by atoms with E-state index in [4.69, 9.17) is 5.73 Å². The molecule has 1 saturated carbocycles. The summed E-state index contributed by atoms with van der Waals surface area (Å²) in [7, 11) is 4.04. The zero-order valence-electron chi connectivity index (χ0n) is 11.0. The van der Waals surface area contributed by atoms with Crippen molar-refractivity contribution in [3.05, 3.63) is 30.1 Å². The second-order valence-electron chi connectivity index (χ2n) is 5.39.